The van der Waals surface area contributed by atoms with Gasteiger partial charge in [0.25, 0.3) is 0 Å². The monoisotopic (exact) mass is 275 g/mol. The van der Waals surface area contributed by atoms with Gasteiger partial charge in [-0.1, -0.05) is 38.1 Å². The molecule has 0 heterocycles. The van der Waals surface area contributed by atoms with E-state index in [2.05, 4.69) is 50.4 Å². The predicted molar refractivity (Wildman–Crippen MR) is 84.9 cm³/mol. The third-order valence-electron chi connectivity index (χ3n) is 3.85. The van der Waals surface area contributed by atoms with Crippen molar-refractivity contribution in [2.24, 2.45) is 5.92 Å². The average Bonchev–Trinajstić information content (AvgIpc) is 3.21. The first-order valence-corrected chi connectivity index (χ1v) is 8.07. The molecule has 1 aromatic carbocycles. The molecule has 1 saturated carbocycles. The van der Waals surface area contributed by atoms with Gasteiger partial charge in [-0.2, -0.15) is 0 Å². The molecule has 0 radical (unpaired) electrons. The Kier molecular flexibility index (Phi) is 6.06. The number of benzene rings is 1. The Labute approximate surface area is 123 Å². The molecule has 20 heavy (non-hydrogen) atoms. The van der Waals surface area contributed by atoms with Gasteiger partial charge < -0.3 is 10.1 Å². The molecule has 2 heteroatoms. The number of hydrogen-bond acceptors (Lipinski definition) is 2. The van der Waals surface area contributed by atoms with Gasteiger partial charge in [0.2, 0.25) is 0 Å². The molecule has 2 rings (SSSR count). The van der Waals surface area contributed by atoms with Gasteiger partial charge in [-0.25, -0.2) is 0 Å². The van der Waals surface area contributed by atoms with Crippen LogP contribution in [0.15, 0.2) is 24.3 Å². The second-order valence-corrected chi connectivity index (χ2v) is 6.50. The van der Waals surface area contributed by atoms with Crippen LogP contribution < -0.4 is 5.32 Å². The van der Waals surface area contributed by atoms with Crippen LogP contribution >= 0.6 is 0 Å². The summed E-state index contributed by atoms with van der Waals surface area (Å²) in [6.45, 7) is 8.50. The molecular weight excluding hydrogens is 246 g/mol. The lowest BCUT2D eigenvalue weighted by molar-refractivity contribution is 0.0393. The normalized spacial score (nSPS) is 16.6. The van der Waals surface area contributed by atoms with Crippen LogP contribution in [0.2, 0.25) is 0 Å². The van der Waals surface area contributed by atoms with Crippen molar-refractivity contribution < 1.29 is 4.74 Å². The summed E-state index contributed by atoms with van der Waals surface area (Å²) in [6.07, 6.45) is 5.29. The van der Waals surface area contributed by atoms with Crippen LogP contribution in [0.25, 0.3) is 0 Å². The van der Waals surface area contributed by atoms with Crippen molar-refractivity contribution in [1.29, 1.82) is 0 Å². The Morgan fingerprint density at radius 3 is 2.50 bits per heavy atom. The highest BCUT2D eigenvalue weighted by Gasteiger charge is 2.19. The van der Waals surface area contributed by atoms with Crippen LogP contribution in [0.3, 0.4) is 0 Å². The molecule has 112 valence electrons. The molecule has 0 bridgehead atoms. The van der Waals surface area contributed by atoms with Crippen LogP contribution in [0, 0.1) is 5.92 Å². The first kappa shape index (κ1) is 15.5. The van der Waals surface area contributed by atoms with Crippen LogP contribution in [-0.4, -0.2) is 18.7 Å². The van der Waals surface area contributed by atoms with E-state index in [0.717, 1.165) is 32.0 Å². The SMILES string of the molecule is CC(C)CC(C)OCc1ccccc1CCNC1CC1. The second kappa shape index (κ2) is 7.80. The van der Waals surface area contributed by atoms with Crippen LogP contribution in [0.4, 0.5) is 0 Å². The maximum Gasteiger partial charge on any atom is 0.0723 e. The van der Waals surface area contributed by atoms with Gasteiger partial charge in [0.15, 0.2) is 0 Å². The highest BCUT2D eigenvalue weighted by molar-refractivity contribution is 5.26. The van der Waals surface area contributed by atoms with Gasteiger partial charge in [-0.05, 0) is 56.2 Å². The van der Waals surface area contributed by atoms with Gasteiger partial charge >= 0.3 is 0 Å². The van der Waals surface area contributed by atoms with E-state index in [-0.39, 0.29) is 0 Å². The molecule has 1 fully saturated rings. The van der Waals surface area contributed by atoms with Crippen molar-refractivity contribution in [3.63, 3.8) is 0 Å². The maximum absolute atomic E-state index is 6.00. The molecule has 2 nitrogen and oxygen atoms in total. The fourth-order valence-electron chi connectivity index (χ4n) is 2.60. The first-order chi connectivity index (χ1) is 9.65. The molecule has 1 aromatic rings. The number of rotatable bonds is 9. The van der Waals surface area contributed by atoms with Crippen LogP contribution in [-0.2, 0) is 17.8 Å². The highest BCUT2D eigenvalue weighted by Crippen LogP contribution is 2.19. The molecule has 1 aliphatic carbocycles. The summed E-state index contributed by atoms with van der Waals surface area (Å²) in [5, 5.41) is 3.58. The molecule has 1 N–H and O–H groups in total. The lowest BCUT2D eigenvalue weighted by Gasteiger charge is -2.17. The smallest absolute Gasteiger partial charge is 0.0723 e. The third-order valence-corrected chi connectivity index (χ3v) is 3.85. The minimum atomic E-state index is 0.340. The molecule has 0 spiro atoms. The van der Waals surface area contributed by atoms with E-state index in [0.29, 0.717) is 12.0 Å². The van der Waals surface area contributed by atoms with E-state index in [1.165, 1.54) is 24.0 Å². The second-order valence-electron chi connectivity index (χ2n) is 6.50. The molecule has 1 aliphatic rings. The van der Waals surface area contributed by atoms with E-state index in [1.54, 1.807) is 0 Å². The Balaban J connectivity index is 1.79. The minimum absolute atomic E-state index is 0.340. The number of hydrogen-bond donors (Lipinski definition) is 1. The van der Waals surface area contributed by atoms with E-state index >= 15 is 0 Å². The molecule has 1 unspecified atom stereocenters. The van der Waals surface area contributed by atoms with Crippen molar-refractivity contribution in [3.05, 3.63) is 35.4 Å². The van der Waals surface area contributed by atoms with E-state index in [9.17, 15) is 0 Å². The molecule has 0 saturated heterocycles. The maximum atomic E-state index is 6.00. The van der Waals surface area contributed by atoms with Crippen molar-refractivity contribution in [1.82, 2.24) is 5.32 Å². The number of ether oxygens (including phenoxy) is 1. The fourth-order valence-corrected chi connectivity index (χ4v) is 2.60. The standard InChI is InChI=1S/C18H29NO/c1-14(2)12-15(3)20-13-17-7-5-4-6-16(17)10-11-19-18-8-9-18/h4-7,14-15,18-19H,8-13H2,1-3H3. The van der Waals surface area contributed by atoms with Crippen LogP contribution in [0.5, 0.6) is 0 Å². The Hall–Kier alpha value is -0.860. The molecule has 0 aromatic heterocycles. The van der Waals surface area contributed by atoms with Gasteiger partial charge in [0, 0.05) is 6.04 Å². The van der Waals surface area contributed by atoms with Gasteiger partial charge in [0.1, 0.15) is 0 Å². The Bertz CT molecular complexity index is 398. The molecule has 0 aliphatic heterocycles. The average molecular weight is 275 g/mol. The quantitative estimate of drug-likeness (QED) is 0.737. The van der Waals surface area contributed by atoms with Crippen molar-refractivity contribution in [3.8, 4) is 0 Å². The predicted octanol–water partition coefficient (Wildman–Crippen LogP) is 3.93. The number of nitrogens with one attached hydrogen (secondary N) is 1. The van der Waals surface area contributed by atoms with E-state index in [1.807, 2.05) is 0 Å². The van der Waals surface area contributed by atoms with Crippen molar-refractivity contribution in [2.75, 3.05) is 6.54 Å². The zero-order chi connectivity index (χ0) is 14.4. The summed E-state index contributed by atoms with van der Waals surface area (Å²) in [6, 6.07) is 9.48. The molecule has 1 atom stereocenters. The van der Waals surface area contributed by atoms with E-state index < -0.39 is 0 Å². The topological polar surface area (TPSA) is 21.3 Å². The third kappa shape index (κ3) is 5.64. The molecule has 0 amide bonds. The summed E-state index contributed by atoms with van der Waals surface area (Å²) in [5.41, 5.74) is 2.78. The Morgan fingerprint density at radius 1 is 1.15 bits per heavy atom. The molecular formula is C18H29NO. The van der Waals surface area contributed by atoms with Crippen LogP contribution in [0.1, 0.15) is 51.2 Å². The summed E-state index contributed by atoms with van der Waals surface area (Å²) >= 11 is 0. The fraction of sp³-hybridized carbons (Fsp3) is 0.667. The Morgan fingerprint density at radius 2 is 1.85 bits per heavy atom. The van der Waals surface area contributed by atoms with E-state index in [4.69, 9.17) is 4.74 Å². The van der Waals surface area contributed by atoms with Crippen molar-refractivity contribution in [2.45, 2.75) is 65.2 Å². The summed E-state index contributed by atoms with van der Waals surface area (Å²) in [7, 11) is 0. The first-order valence-electron chi connectivity index (χ1n) is 8.07. The largest absolute Gasteiger partial charge is 0.374 e. The summed E-state index contributed by atoms with van der Waals surface area (Å²) in [5.74, 6) is 0.697. The summed E-state index contributed by atoms with van der Waals surface area (Å²) in [4.78, 5) is 0. The highest BCUT2D eigenvalue weighted by atomic mass is 16.5. The zero-order valence-corrected chi connectivity index (χ0v) is 13.2. The zero-order valence-electron chi connectivity index (χ0n) is 13.2. The summed E-state index contributed by atoms with van der Waals surface area (Å²) < 4.78 is 6.00. The minimum Gasteiger partial charge on any atom is -0.374 e. The van der Waals surface area contributed by atoms with Crippen molar-refractivity contribution >= 4 is 0 Å². The lowest BCUT2D eigenvalue weighted by Crippen LogP contribution is -2.20. The van der Waals surface area contributed by atoms with Gasteiger partial charge in [0.05, 0.1) is 12.7 Å². The van der Waals surface area contributed by atoms with Gasteiger partial charge in [-0.15, -0.1) is 0 Å². The lowest BCUT2D eigenvalue weighted by atomic mass is 10.0. The van der Waals surface area contributed by atoms with Gasteiger partial charge in [-0.3, -0.25) is 0 Å².